The van der Waals surface area contributed by atoms with E-state index in [4.69, 9.17) is 15.2 Å². The number of halogens is 2. The summed E-state index contributed by atoms with van der Waals surface area (Å²) in [5.74, 6) is 0.641. The molecule has 0 bridgehead atoms. The highest BCUT2D eigenvalue weighted by molar-refractivity contribution is 9.10. The normalized spacial score (nSPS) is 18.0. The van der Waals surface area contributed by atoms with Crippen LogP contribution in [0.15, 0.2) is 22.7 Å². The van der Waals surface area contributed by atoms with Crippen LogP contribution in [-0.4, -0.2) is 31.8 Å². The number of carbonyl (C=O) groups is 1. The molecule has 1 unspecified atom stereocenters. The number of nitrogens with one attached hydrogen (secondary N) is 1. The van der Waals surface area contributed by atoms with Crippen molar-refractivity contribution in [2.75, 3.05) is 20.3 Å². The number of nitrogens with two attached hydrogens (primary N) is 1. The van der Waals surface area contributed by atoms with E-state index >= 15 is 0 Å². The zero-order valence-corrected chi connectivity index (χ0v) is 15.1. The van der Waals surface area contributed by atoms with Crippen molar-refractivity contribution in [2.45, 2.75) is 31.3 Å². The predicted octanol–water partition coefficient (Wildman–Crippen LogP) is 2.56. The number of benzene rings is 1. The fourth-order valence-corrected chi connectivity index (χ4v) is 2.90. The molecule has 22 heavy (non-hydrogen) atoms. The third kappa shape index (κ3) is 4.35. The first-order valence-corrected chi connectivity index (χ1v) is 7.76. The van der Waals surface area contributed by atoms with E-state index in [0.29, 0.717) is 26.1 Å². The largest absolute Gasteiger partial charge is 0.496 e. The highest BCUT2D eigenvalue weighted by Gasteiger charge is 2.36. The summed E-state index contributed by atoms with van der Waals surface area (Å²) in [6, 6.07) is 5.62. The van der Waals surface area contributed by atoms with E-state index in [1.165, 1.54) is 0 Å². The van der Waals surface area contributed by atoms with Crippen LogP contribution in [0.3, 0.4) is 0 Å². The van der Waals surface area contributed by atoms with Gasteiger partial charge in [0.05, 0.1) is 23.2 Å². The van der Waals surface area contributed by atoms with Gasteiger partial charge >= 0.3 is 0 Å². The highest BCUT2D eigenvalue weighted by atomic mass is 79.9. The van der Waals surface area contributed by atoms with Crippen molar-refractivity contribution in [3.05, 3.63) is 28.2 Å². The number of hydrogen-bond acceptors (Lipinski definition) is 4. The Morgan fingerprint density at radius 1 is 1.45 bits per heavy atom. The molecule has 0 radical (unpaired) electrons. The molecule has 1 atom stereocenters. The molecule has 0 aliphatic carbocycles. The Kier molecular flexibility index (Phi) is 7.12. The van der Waals surface area contributed by atoms with Crippen LogP contribution < -0.4 is 15.8 Å². The maximum Gasteiger partial charge on any atom is 0.240 e. The van der Waals surface area contributed by atoms with Gasteiger partial charge in [0.25, 0.3) is 0 Å². The van der Waals surface area contributed by atoms with Crippen LogP contribution in [0, 0.1) is 0 Å². The van der Waals surface area contributed by atoms with Gasteiger partial charge in [0.2, 0.25) is 5.91 Å². The molecular weight excluding hydrogens is 372 g/mol. The molecule has 1 amide bonds. The van der Waals surface area contributed by atoms with Gasteiger partial charge in [0, 0.05) is 13.2 Å². The zero-order valence-electron chi connectivity index (χ0n) is 12.7. The highest BCUT2D eigenvalue weighted by Crippen LogP contribution is 2.28. The van der Waals surface area contributed by atoms with Gasteiger partial charge in [-0.05, 0) is 53.4 Å². The molecule has 5 nitrogen and oxygen atoms in total. The average molecular weight is 394 g/mol. The van der Waals surface area contributed by atoms with E-state index in [1.54, 1.807) is 7.11 Å². The average Bonchev–Trinajstić information content (AvgIpc) is 2.47. The van der Waals surface area contributed by atoms with Crippen molar-refractivity contribution in [3.63, 3.8) is 0 Å². The van der Waals surface area contributed by atoms with E-state index in [0.717, 1.165) is 15.8 Å². The van der Waals surface area contributed by atoms with Crippen molar-refractivity contribution in [1.29, 1.82) is 0 Å². The lowest BCUT2D eigenvalue weighted by molar-refractivity contribution is -0.130. The molecule has 0 aromatic heterocycles. The third-order valence-electron chi connectivity index (χ3n) is 3.86. The molecule has 2 rings (SSSR count). The minimum Gasteiger partial charge on any atom is -0.496 e. The van der Waals surface area contributed by atoms with Gasteiger partial charge in [0.1, 0.15) is 5.75 Å². The summed E-state index contributed by atoms with van der Waals surface area (Å²) in [4.78, 5) is 12.4. The molecule has 1 aromatic carbocycles. The van der Waals surface area contributed by atoms with E-state index in [1.807, 2.05) is 25.1 Å². The Balaban J connectivity index is 0.00000242. The second-order valence-electron chi connectivity index (χ2n) is 5.36. The maximum absolute atomic E-state index is 12.4. The molecule has 1 heterocycles. The van der Waals surface area contributed by atoms with Gasteiger partial charge in [-0.2, -0.15) is 0 Å². The molecule has 1 aliphatic rings. The number of hydrogen-bond donors (Lipinski definition) is 2. The summed E-state index contributed by atoms with van der Waals surface area (Å²) in [5, 5.41) is 2.99. The van der Waals surface area contributed by atoms with Crippen molar-refractivity contribution < 1.29 is 14.3 Å². The minimum atomic E-state index is -0.823. The second-order valence-corrected chi connectivity index (χ2v) is 6.21. The van der Waals surface area contributed by atoms with Crippen molar-refractivity contribution in [2.24, 2.45) is 5.73 Å². The predicted molar refractivity (Wildman–Crippen MR) is 91.5 cm³/mol. The monoisotopic (exact) mass is 392 g/mol. The quantitative estimate of drug-likeness (QED) is 0.824. The number of rotatable bonds is 4. The molecule has 1 saturated heterocycles. The zero-order chi connectivity index (χ0) is 15.5. The van der Waals surface area contributed by atoms with Gasteiger partial charge in [-0.1, -0.05) is 6.07 Å². The van der Waals surface area contributed by atoms with Gasteiger partial charge in [0.15, 0.2) is 0 Å². The standard InChI is InChI=1S/C15H21BrN2O3.ClH/c1-10(11-3-4-13(20-2)12(16)9-11)18-14(19)15(17)5-7-21-8-6-15;/h3-4,9-10H,5-8,17H2,1-2H3,(H,18,19);1H. The fraction of sp³-hybridized carbons (Fsp3) is 0.533. The van der Waals surface area contributed by atoms with Gasteiger partial charge in [-0.3, -0.25) is 4.79 Å². The van der Waals surface area contributed by atoms with E-state index in [2.05, 4.69) is 21.2 Å². The van der Waals surface area contributed by atoms with Crippen LogP contribution in [0.25, 0.3) is 0 Å². The van der Waals surface area contributed by atoms with Crippen LogP contribution in [0.2, 0.25) is 0 Å². The Bertz CT molecular complexity index is 522. The Hall–Kier alpha value is -0.820. The Labute approximate surface area is 145 Å². The molecule has 3 N–H and O–H groups in total. The first kappa shape index (κ1) is 19.2. The van der Waals surface area contributed by atoms with Gasteiger partial charge < -0.3 is 20.5 Å². The first-order chi connectivity index (χ1) is 9.96. The summed E-state index contributed by atoms with van der Waals surface area (Å²) in [5.41, 5.74) is 6.35. The lowest BCUT2D eigenvalue weighted by atomic mass is 9.90. The molecule has 1 aromatic rings. The van der Waals surface area contributed by atoms with E-state index in [9.17, 15) is 4.79 Å². The molecule has 0 saturated carbocycles. The summed E-state index contributed by atoms with van der Waals surface area (Å²) in [6.07, 6.45) is 1.11. The van der Waals surface area contributed by atoms with E-state index < -0.39 is 5.54 Å². The molecular formula is C15H22BrClN2O3. The molecule has 7 heteroatoms. The number of carbonyl (C=O) groups excluding carboxylic acids is 1. The van der Waals surface area contributed by atoms with Gasteiger partial charge in [-0.25, -0.2) is 0 Å². The van der Waals surface area contributed by atoms with Crippen LogP contribution in [0.4, 0.5) is 0 Å². The molecule has 1 aliphatic heterocycles. The number of amides is 1. The lowest BCUT2D eigenvalue weighted by Crippen LogP contribution is -2.57. The maximum atomic E-state index is 12.4. The van der Waals surface area contributed by atoms with Crippen LogP contribution >= 0.6 is 28.3 Å². The fourth-order valence-electron chi connectivity index (χ4n) is 2.34. The summed E-state index contributed by atoms with van der Waals surface area (Å²) >= 11 is 3.45. The smallest absolute Gasteiger partial charge is 0.240 e. The Morgan fingerprint density at radius 3 is 2.64 bits per heavy atom. The molecule has 1 fully saturated rings. The summed E-state index contributed by atoms with van der Waals surface area (Å²) in [7, 11) is 1.62. The first-order valence-electron chi connectivity index (χ1n) is 6.97. The minimum absolute atomic E-state index is 0. The van der Waals surface area contributed by atoms with Crippen LogP contribution in [0.5, 0.6) is 5.75 Å². The molecule has 0 spiro atoms. The number of ether oxygens (including phenoxy) is 2. The lowest BCUT2D eigenvalue weighted by Gasteiger charge is -2.33. The SMILES string of the molecule is COc1ccc(C(C)NC(=O)C2(N)CCOCC2)cc1Br.Cl. The summed E-state index contributed by atoms with van der Waals surface area (Å²) in [6.45, 7) is 3.01. The van der Waals surface area contributed by atoms with Gasteiger partial charge in [-0.15, -0.1) is 12.4 Å². The van der Waals surface area contributed by atoms with Crippen LogP contribution in [0.1, 0.15) is 31.4 Å². The van der Waals surface area contributed by atoms with Crippen molar-refractivity contribution in [3.8, 4) is 5.75 Å². The number of methoxy groups -OCH3 is 1. The summed E-state index contributed by atoms with van der Waals surface area (Å²) < 4.78 is 11.3. The molecule has 124 valence electrons. The van der Waals surface area contributed by atoms with E-state index in [-0.39, 0.29) is 24.4 Å². The van der Waals surface area contributed by atoms with Crippen molar-refractivity contribution >= 4 is 34.2 Å². The van der Waals surface area contributed by atoms with Crippen molar-refractivity contribution in [1.82, 2.24) is 5.32 Å². The second kappa shape index (κ2) is 8.15. The van der Waals surface area contributed by atoms with Crippen LogP contribution in [-0.2, 0) is 9.53 Å². The Morgan fingerprint density at radius 2 is 2.09 bits per heavy atom. The third-order valence-corrected chi connectivity index (χ3v) is 4.48. The topological polar surface area (TPSA) is 73.6 Å².